The molecule has 19 heavy (non-hydrogen) atoms. The molecule has 0 aromatic carbocycles. The first-order chi connectivity index (χ1) is 9.13. The molecule has 0 bridgehead atoms. The molecule has 6 heteroatoms. The molecule has 0 unspecified atom stereocenters. The van der Waals surface area contributed by atoms with Crippen LogP contribution < -0.4 is 0 Å². The van der Waals surface area contributed by atoms with Crippen molar-refractivity contribution < 1.29 is 10.2 Å². The zero-order valence-corrected chi connectivity index (χ0v) is 10.7. The van der Waals surface area contributed by atoms with Crippen LogP contribution >= 0.6 is 0 Å². The number of fused-ring (bicyclic) bond motifs is 1. The number of hydrogen-bond acceptors (Lipinski definition) is 5. The maximum absolute atomic E-state index is 9.97. The summed E-state index contributed by atoms with van der Waals surface area (Å²) in [6.45, 7) is 5.80. The minimum Gasteiger partial charge on any atom is -0.396 e. The molecule has 1 aliphatic carbocycles. The molecule has 0 saturated heterocycles. The normalized spacial score (nSPS) is 27.3. The van der Waals surface area contributed by atoms with Gasteiger partial charge in [0, 0.05) is 17.4 Å². The molecule has 1 saturated carbocycles. The summed E-state index contributed by atoms with van der Waals surface area (Å²) < 4.78 is 1.68. The van der Waals surface area contributed by atoms with E-state index in [0.29, 0.717) is 6.42 Å². The van der Waals surface area contributed by atoms with Crippen molar-refractivity contribution in [1.82, 2.24) is 19.6 Å². The topological polar surface area (TPSA) is 83.5 Å². The largest absolute Gasteiger partial charge is 0.396 e. The lowest BCUT2D eigenvalue weighted by Gasteiger charge is -2.13. The summed E-state index contributed by atoms with van der Waals surface area (Å²) in [7, 11) is 0. The van der Waals surface area contributed by atoms with E-state index in [0.717, 1.165) is 22.6 Å². The van der Waals surface area contributed by atoms with E-state index in [1.54, 1.807) is 10.7 Å². The first-order valence-corrected chi connectivity index (χ1v) is 6.26. The summed E-state index contributed by atoms with van der Waals surface area (Å²) in [6.07, 6.45) is 3.25. The standard InChI is InChI=1S/C13H16N4O2/c1-7-9(3-12(19)11(7)5-18)10-4-16-17-8(2)14-6-15-13(10)17/h4,6,9,11-12,18-19H,1,3,5H2,2H3/t9-,11-,12-/m0/s1. The Morgan fingerprint density at radius 2 is 2.26 bits per heavy atom. The molecule has 0 aliphatic heterocycles. The van der Waals surface area contributed by atoms with Gasteiger partial charge in [-0.1, -0.05) is 12.2 Å². The molecule has 6 nitrogen and oxygen atoms in total. The van der Waals surface area contributed by atoms with Crippen molar-refractivity contribution in [3.05, 3.63) is 36.1 Å². The first kappa shape index (κ1) is 12.3. The first-order valence-electron chi connectivity index (χ1n) is 6.26. The molecule has 0 spiro atoms. The van der Waals surface area contributed by atoms with Crippen LogP contribution in [0.1, 0.15) is 23.7 Å². The Kier molecular flexibility index (Phi) is 2.83. The van der Waals surface area contributed by atoms with Gasteiger partial charge >= 0.3 is 0 Å². The van der Waals surface area contributed by atoms with Gasteiger partial charge in [-0.15, -0.1) is 0 Å². The Hall–Kier alpha value is -1.79. The summed E-state index contributed by atoms with van der Waals surface area (Å²) in [4.78, 5) is 8.35. The molecule has 100 valence electrons. The highest BCUT2D eigenvalue weighted by Gasteiger charge is 2.38. The van der Waals surface area contributed by atoms with Gasteiger partial charge in [0.15, 0.2) is 5.65 Å². The predicted octanol–water partition coefficient (Wildman–Crippen LogP) is 0.446. The van der Waals surface area contributed by atoms with Gasteiger partial charge in [-0.05, 0) is 13.3 Å². The Balaban J connectivity index is 2.06. The number of rotatable bonds is 2. The van der Waals surface area contributed by atoms with Crippen LogP contribution in [0.5, 0.6) is 0 Å². The highest BCUT2D eigenvalue weighted by Crippen LogP contribution is 2.43. The van der Waals surface area contributed by atoms with E-state index in [9.17, 15) is 10.2 Å². The highest BCUT2D eigenvalue weighted by atomic mass is 16.3. The summed E-state index contributed by atoms with van der Waals surface area (Å²) >= 11 is 0. The van der Waals surface area contributed by atoms with E-state index in [1.165, 1.54) is 6.33 Å². The summed E-state index contributed by atoms with van der Waals surface area (Å²) in [5, 5.41) is 23.6. The molecule has 3 rings (SSSR count). The van der Waals surface area contributed by atoms with Crippen LogP contribution in [0.25, 0.3) is 5.65 Å². The van der Waals surface area contributed by atoms with Crippen molar-refractivity contribution in [2.75, 3.05) is 6.61 Å². The van der Waals surface area contributed by atoms with Crippen LogP contribution in [0, 0.1) is 12.8 Å². The summed E-state index contributed by atoms with van der Waals surface area (Å²) in [5.41, 5.74) is 2.52. The number of aliphatic hydroxyl groups is 2. The van der Waals surface area contributed by atoms with Crippen molar-refractivity contribution in [3.8, 4) is 0 Å². The summed E-state index contributed by atoms with van der Waals surface area (Å²) in [6, 6.07) is 0. The van der Waals surface area contributed by atoms with Crippen LogP contribution in [0.15, 0.2) is 24.7 Å². The van der Waals surface area contributed by atoms with Crippen LogP contribution in [0.4, 0.5) is 0 Å². The van der Waals surface area contributed by atoms with Gasteiger partial charge in [-0.2, -0.15) is 5.10 Å². The number of nitrogens with zero attached hydrogens (tertiary/aromatic N) is 4. The maximum Gasteiger partial charge on any atom is 0.162 e. The Labute approximate surface area is 110 Å². The van der Waals surface area contributed by atoms with Gasteiger partial charge in [0.25, 0.3) is 0 Å². The Morgan fingerprint density at radius 1 is 1.47 bits per heavy atom. The number of aromatic nitrogens is 4. The van der Waals surface area contributed by atoms with Crippen molar-refractivity contribution in [3.63, 3.8) is 0 Å². The fourth-order valence-corrected chi connectivity index (χ4v) is 2.82. The smallest absolute Gasteiger partial charge is 0.162 e. The van der Waals surface area contributed by atoms with E-state index in [2.05, 4.69) is 21.6 Å². The fourth-order valence-electron chi connectivity index (χ4n) is 2.82. The van der Waals surface area contributed by atoms with Gasteiger partial charge < -0.3 is 10.2 Å². The number of hydrogen-bond donors (Lipinski definition) is 2. The van der Waals surface area contributed by atoms with Gasteiger partial charge in [0.1, 0.15) is 12.2 Å². The van der Waals surface area contributed by atoms with Gasteiger partial charge in [0.05, 0.1) is 18.9 Å². The molecule has 1 aliphatic rings. The average molecular weight is 260 g/mol. The zero-order chi connectivity index (χ0) is 13.6. The number of aliphatic hydroxyl groups excluding tert-OH is 2. The van der Waals surface area contributed by atoms with Crippen molar-refractivity contribution >= 4 is 5.65 Å². The quantitative estimate of drug-likeness (QED) is 0.766. The molecule has 2 N–H and O–H groups in total. The SMILES string of the molecule is C=C1[C@@H](c2cnn3c(C)ncnc23)C[C@H](O)[C@H]1CO. The van der Waals surface area contributed by atoms with E-state index in [-0.39, 0.29) is 18.4 Å². The van der Waals surface area contributed by atoms with Crippen LogP contribution in [-0.4, -0.2) is 42.5 Å². The minimum absolute atomic E-state index is 0.0149. The average Bonchev–Trinajstić information content (AvgIpc) is 2.92. The lowest BCUT2D eigenvalue weighted by atomic mass is 9.94. The van der Waals surface area contributed by atoms with E-state index < -0.39 is 6.10 Å². The molecule has 3 atom stereocenters. The molecular weight excluding hydrogens is 244 g/mol. The Bertz CT molecular complexity index is 637. The Morgan fingerprint density at radius 3 is 2.95 bits per heavy atom. The van der Waals surface area contributed by atoms with Crippen LogP contribution in [0.3, 0.4) is 0 Å². The summed E-state index contributed by atoms with van der Waals surface area (Å²) in [5.74, 6) is 0.487. The fraction of sp³-hybridized carbons (Fsp3) is 0.462. The second-order valence-corrected chi connectivity index (χ2v) is 4.98. The molecule has 2 aromatic rings. The molecule has 0 amide bonds. The minimum atomic E-state index is -0.555. The third-order valence-electron chi connectivity index (χ3n) is 3.94. The molecule has 0 radical (unpaired) electrons. The van der Waals surface area contributed by atoms with Gasteiger partial charge in [-0.25, -0.2) is 14.5 Å². The van der Waals surface area contributed by atoms with Crippen molar-refractivity contribution in [2.24, 2.45) is 5.92 Å². The predicted molar refractivity (Wildman–Crippen MR) is 68.6 cm³/mol. The van der Waals surface area contributed by atoms with Crippen LogP contribution in [0.2, 0.25) is 0 Å². The third kappa shape index (κ3) is 1.75. The monoisotopic (exact) mass is 260 g/mol. The maximum atomic E-state index is 9.97. The second-order valence-electron chi connectivity index (χ2n) is 4.98. The van der Waals surface area contributed by atoms with E-state index in [1.807, 2.05) is 6.92 Å². The van der Waals surface area contributed by atoms with E-state index >= 15 is 0 Å². The lowest BCUT2D eigenvalue weighted by molar-refractivity contribution is 0.102. The van der Waals surface area contributed by atoms with Crippen LogP contribution in [-0.2, 0) is 0 Å². The van der Waals surface area contributed by atoms with Gasteiger partial charge in [0.2, 0.25) is 0 Å². The molecule has 2 aromatic heterocycles. The lowest BCUT2D eigenvalue weighted by Crippen LogP contribution is -2.17. The zero-order valence-electron chi connectivity index (χ0n) is 10.7. The second kappa shape index (κ2) is 4.40. The molecular formula is C13H16N4O2. The van der Waals surface area contributed by atoms with Crippen molar-refractivity contribution in [1.29, 1.82) is 0 Å². The number of aryl methyl sites for hydroxylation is 1. The van der Waals surface area contributed by atoms with Gasteiger partial charge in [-0.3, -0.25) is 0 Å². The molecule has 1 fully saturated rings. The van der Waals surface area contributed by atoms with E-state index in [4.69, 9.17) is 0 Å². The van der Waals surface area contributed by atoms with Crippen molar-refractivity contribution in [2.45, 2.75) is 25.4 Å². The third-order valence-corrected chi connectivity index (χ3v) is 3.94. The highest BCUT2D eigenvalue weighted by molar-refractivity contribution is 5.52. The molecule has 2 heterocycles.